The Hall–Kier alpha value is -2.50. The summed E-state index contributed by atoms with van der Waals surface area (Å²) in [5.74, 6) is 0. The van der Waals surface area contributed by atoms with E-state index in [1.807, 2.05) is 6.07 Å². The molecule has 0 bridgehead atoms. The molecule has 0 spiro atoms. The first kappa shape index (κ1) is 14.9. The average Bonchev–Trinajstić information content (AvgIpc) is 2.45. The Morgan fingerprint density at radius 3 is 2.38 bits per heavy atom. The van der Waals surface area contributed by atoms with Gasteiger partial charge in [-0.25, -0.2) is 4.85 Å². The van der Waals surface area contributed by atoms with Crippen LogP contribution in [-0.4, -0.2) is 0 Å². The summed E-state index contributed by atoms with van der Waals surface area (Å²) in [6.07, 6.45) is -4.62. The van der Waals surface area contributed by atoms with Crippen molar-refractivity contribution in [2.45, 2.75) is 6.18 Å². The van der Waals surface area contributed by atoms with Gasteiger partial charge in [-0.1, -0.05) is 35.9 Å². The number of hydrogen-bond donors (Lipinski definition) is 0. The third-order valence-electron chi connectivity index (χ3n) is 2.83. The number of rotatable bonds is 1. The molecule has 2 aromatic rings. The molecule has 0 aliphatic rings. The summed E-state index contributed by atoms with van der Waals surface area (Å²) >= 11 is 5.99. The van der Waals surface area contributed by atoms with Crippen LogP contribution in [0.1, 0.15) is 11.1 Å². The average molecular weight is 307 g/mol. The second-order valence-electron chi connectivity index (χ2n) is 4.15. The van der Waals surface area contributed by atoms with Gasteiger partial charge in [-0.3, -0.25) is 0 Å². The Morgan fingerprint density at radius 2 is 1.86 bits per heavy atom. The minimum absolute atomic E-state index is 0.178. The van der Waals surface area contributed by atoms with E-state index in [2.05, 4.69) is 4.85 Å². The minimum Gasteiger partial charge on any atom is -0.238 e. The van der Waals surface area contributed by atoms with Crippen molar-refractivity contribution in [3.8, 4) is 17.2 Å². The topological polar surface area (TPSA) is 28.1 Å². The molecule has 104 valence electrons. The Balaban J connectivity index is 2.62. The molecule has 2 rings (SSSR count). The predicted molar refractivity (Wildman–Crippen MR) is 72.9 cm³/mol. The van der Waals surface area contributed by atoms with Crippen LogP contribution in [0, 0.1) is 17.9 Å². The lowest BCUT2D eigenvalue weighted by Gasteiger charge is -2.12. The van der Waals surface area contributed by atoms with Gasteiger partial charge in [0.05, 0.1) is 23.8 Å². The lowest BCUT2D eigenvalue weighted by Crippen LogP contribution is -2.05. The number of benzene rings is 2. The first-order valence-electron chi connectivity index (χ1n) is 5.65. The fraction of sp³-hybridized carbons (Fsp3) is 0.0667. The van der Waals surface area contributed by atoms with Crippen molar-refractivity contribution in [3.05, 3.63) is 64.0 Å². The number of alkyl halides is 3. The largest absolute Gasteiger partial charge is 0.407 e. The van der Waals surface area contributed by atoms with Crippen LogP contribution in [-0.2, 0) is 6.18 Å². The lowest BCUT2D eigenvalue weighted by atomic mass is 10.0. The quantitative estimate of drug-likeness (QED) is 0.644. The smallest absolute Gasteiger partial charge is 0.238 e. The highest BCUT2D eigenvalue weighted by Gasteiger charge is 2.33. The van der Waals surface area contributed by atoms with Gasteiger partial charge >= 0.3 is 6.18 Å². The van der Waals surface area contributed by atoms with E-state index in [-0.39, 0.29) is 10.6 Å². The number of nitriles is 1. The molecule has 0 atom stereocenters. The van der Waals surface area contributed by atoms with Gasteiger partial charge in [-0.05, 0) is 17.7 Å². The van der Waals surface area contributed by atoms with E-state index in [1.165, 1.54) is 24.3 Å². The molecule has 0 fully saturated rings. The van der Waals surface area contributed by atoms with E-state index < -0.39 is 17.4 Å². The molecule has 0 saturated heterocycles. The summed E-state index contributed by atoms with van der Waals surface area (Å²) in [5.41, 5.74) is -0.536. The highest BCUT2D eigenvalue weighted by molar-refractivity contribution is 6.33. The van der Waals surface area contributed by atoms with Gasteiger partial charge in [0.1, 0.15) is 0 Å². The molecule has 0 aliphatic heterocycles. The van der Waals surface area contributed by atoms with Crippen LogP contribution >= 0.6 is 11.6 Å². The van der Waals surface area contributed by atoms with Crippen LogP contribution in [0.3, 0.4) is 0 Å². The summed E-state index contributed by atoms with van der Waals surface area (Å²) in [5, 5.41) is 8.93. The molecule has 2 aromatic carbocycles. The van der Waals surface area contributed by atoms with Crippen LogP contribution in [0.15, 0.2) is 36.4 Å². The van der Waals surface area contributed by atoms with Crippen molar-refractivity contribution >= 4 is 17.3 Å². The summed E-state index contributed by atoms with van der Waals surface area (Å²) < 4.78 is 38.8. The first-order chi connectivity index (χ1) is 9.86. The molecule has 0 unspecified atom stereocenters. The Bertz CT molecular complexity index is 783. The van der Waals surface area contributed by atoms with Gasteiger partial charge in [0.25, 0.3) is 0 Å². The summed E-state index contributed by atoms with van der Waals surface area (Å²) in [4.78, 5) is 2.88. The van der Waals surface area contributed by atoms with E-state index in [9.17, 15) is 13.2 Å². The maximum Gasteiger partial charge on any atom is 0.407 e. The standard InChI is InChI=1S/C15H6ClF3N2/c1-21-14-5-3-10(7-12(14)15(17,18)19)11-4-2-9(8-20)6-13(11)16/h2-7H. The molecule has 0 heterocycles. The summed E-state index contributed by atoms with van der Waals surface area (Å²) in [6, 6.07) is 9.63. The second-order valence-corrected chi connectivity index (χ2v) is 4.56. The van der Waals surface area contributed by atoms with Crippen LogP contribution in [0.25, 0.3) is 16.0 Å². The van der Waals surface area contributed by atoms with Gasteiger partial charge in [0.15, 0.2) is 5.69 Å². The fourth-order valence-corrected chi connectivity index (χ4v) is 2.14. The van der Waals surface area contributed by atoms with Crippen molar-refractivity contribution in [1.82, 2.24) is 0 Å². The third-order valence-corrected chi connectivity index (χ3v) is 3.14. The number of halogens is 4. The molecule has 0 radical (unpaired) electrons. The van der Waals surface area contributed by atoms with Gasteiger partial charge < -0.3 is 0 Å². The van der Waals surface area contributed by atoms with E-state index >= 15 is 0 Å². The molecule has 6 heteroatoms. The molecule has 0 aliphatic carbocycles. The van der Waals surface area contributed by atoms with Gasteiger partial charge in [0.2, 0.25) is 0 Å². The molecule has 0 amide bonds. The Morgan fingerprint density at radius 1 is 1.14 bits per heavy atom. The van der Waals surface area contributed by atoms with E-state index in [1.54, 1.807) is 0 Å². The predicted octanol–water partition coefficient (Wildman–Crippen LogP) is 5.45. The SMILES string of the molecule is [C-]#[N+]c1ccc(-c2ccc(C#N)cc2Cl)cc1C(F)(F)F. The zero-order chi connectivity index (χ0) is 15.6. The van der Waals surface area contributed by atoms with Crippen molar-refractivity contribution in [3.63, 3.8) is 0 Å². The Labute approximate surface area is 123 Å². The normalized spacial score (nSPS) is 10.8. The zero-order valence-corrected chi connectivity index (χ0v) is 11.1. The fourth-order valence-electron chi connectivity index (χ4n) is 1.85. The number of hydrogen-bond acceptors (Lipinski definition) is 1. The molecule has 2 nitrogen and oxygen atoms in total. The number of nitrogens with zero attached hydrogens (tertiary/aromatic N) is 2. The molecule has 21 heavy (non-hydrogen) atoms. The highest BCUT2D eigenvalue weighted by Crippen LogP contribution is 2.40. The third kappa shape index (κ3) is 2.99. The summed E-state index contributed by atoms with van der Waals surface area (Å²) in [7, 11) is 0. The highest BCUT2D eigenvalue weighted by atomic mass is 35.5. The van der Waals surface area contributed by atoms with E-state index in [0.29, 0.717) is 11.1 Å². The first-order valence-corrected chi connectivity index (χ1v) is 6.03. The van der Waals surface area contributed by atoms with Gasteiger partial charge in [0, 0.05) is 10.6 Å². The zero-order valence-electron chi connectivity index (χ0n) is 10.4. The van der Waals surface area contributed by atoms with Crippen LogP contribution < -0.4 is 0 Å². The minimum atomic E-state index is -4.62. The van der Waals surface area contributed by atoms with Crippen LogP contribution in [0.2, 0.25) is 5.02 Å². The monoisotopic (exact) mass is 306 g/mol. The van der Waals surface area contributed by atoms with Gasteiger partial charge in [-0.2, -0.15) is 18.4 Å². The lowest BCUT2D eigenvalue weighted by molar-refractivity contribution is -0.136. The summed E-state index contributed by atoms with van der Waals surface area (Å²) in [6.45, 7) is 6.80. The van der Waals surface area contributed by atoms with E-state index in [0.717, 1.165) is 12.1 Å². The molecule has 0 N–H and O–H groups in total. The van der Waals surface area contributed by atoms with Crippen molar-refractivity contribution < 1.29 is 13.2 Å². The second kappa shape index (κ2) is 5.47. The van der Waals surface area contributed by atoms with Crippen molar-refractivity contribution in [1.29, 1.82) is 5.26 Å². The molecule has 0 aromatic heterocycles. The molecular weight excluding hydrogens is 301 g/mol. The molecular formula is C15H6ClF3N2. The molecule has 0 saturated carbocycles. The maximum atomic E-state index is 12.9. The van der Waals surface area contributed by atoms with Gasteiger partial charge in [-0.15, -0.1) is 0 Å². The van der Waals surface area contributed by atoms with Crippen molar-refractivity contribution in [2.75, 3.05) is 0 Å². The van der Waals surface area contributed by atoms with Crippen LogP contribution in [0.5, 0.6) is 0 Å². The van der Waals surface area contributed by atoms with Crippen molar-refractivity contribution in [2.24, 2.45) is 0 Å². The van der Waals surface area contributed by atoms with E-state index in [4.69, 9.17) is 23.4 Å². The van der Waals surface area contributed by atoms with Crippen LogP contribution in [0.4, 0.5) is 18.9 Å². The Kier molecular flexibility index (Phi) is 3.88. The maximum absolute atomic E-state index is 12.9.